The van der Waals surface area contributed by atoms with Crippen molar-refractivity contribution in [2.24, 2.45) is 0 Å². The largest absolute Gasteiger partial charge is 0.493 e. The van der Waals surface area contributed by atoms with Gasteiger partial charge in [-0.25, -0.2) is 0 Å². The average Bonchev–Trinajstić information content (AvgIpc) is 2.65. The lowest BCUT2D eigenvalue weighted by atomic mass is 10.2. The Morgan fingerprint density at radius 2 is 1.89 bits per heavy atom. The lowest BCUT2D eigenvalue weighted by Gasteiger charge is -2.10. The Labute approximate surface area is 171 Å². The Balaban J connectivity index is 1.85. The molecule has 0 aromatic heterocycles. The van der Waals surface area contributed by atoms with Gasteiger partial charge in [0.1, 0.15) is 5.75 Å². The van der Waals surface area contributed by atoms with Gasteiger partial charge in [0.15, 0.2) is 11.5 Å². The first kappa shape index (κ1) is 21.5. The van der Waals surface area contributed by atoms with Crippen LogP contribution in [0.25, 0.3) is 6.08 Å². The van der Waals surface area contributed by atoms with Crippen molar-refractivity contribution in [2.45, 2.75) is 12.8 Å². The zero-order valence-corrected chi connectivity index (χ0v) is 16.4. The summed E-state index contributed by atoms with van der Waals surface area (Å²) in [4.78, 5) is 21.8. The van der Waals surface area contributed by atoms with Crippen LogP contribution < -0.4 is 14.2 Å². The standard InChI is InChI=1S/C19H17Cl2NO6/c1-26-18-11-13(8-9-22(24)25)4-6-17(18)28-19(23)3-2-10-27-16-7-5-14(20)12-15(16)21/h4-9,11-12H,2-3,10H2,1H3/b9-8+. The maximum absolute atomic E-state index is 12.0. The number of hydrogen-bond donors (Lipinski definition) is 0. The topological polar surface area (TPSA) is 87.9 Å². The van der Waals surface area contributed by atoms with Crippen LogP contribution in [0.15, 0.2) is 42.6 Å². The number of ether oxygens (including phenoxy) is 3. The van der Waals surface area contributed by atoms with E-state index in [1.165, 1.54) is 25.3 Å². The first-order valence-corrected chi connectivity index (χ1v) is 8.93. The molecule has 0 spiro atoms. The van der Waals surface area contributed by atoms with E-state index in [-0.39, 0.29) is 18.8 Å². The van der Waals surface area contributed by atoms with Gasteiger partial charge in [-0.1, -0.05) is 29.3 Å². The maximum Gasteiger partial charge on any atom is 0.311 e. The van der Waals surface area contributed by atoms with Crippen molar-refractivity contribution in [1.29, 1.82) is 0 Å². The quantitative estimate of drug-likeness (QED) is 0.184. The molecule has 0 radical (unpaired) electrons. The number of hydrogen-bond acceptors (Lipinski definition) is 6. The molecule has 2 rings (SSSR count). The Kier molecular flexibility index (Phi) is 8.10. The van der Waals surface area contributed by atoms with Crippen LogP contribution in [0.1, 0.15) is 18.4 Å². The molecule has 9 heteroatoms. The molecule has 0 atom stereocenters. The monoisotopic (exact) mass is 425 g/mol. The zero-order chi connectivity index (χ0) is 20.5. The second-order valence-electron chi connectivity index (χ2n) is 5.51. The highest BCUT2D eigenvalue weighted by Crippen LogP contribution is 2.29. The fourth-order valence-corrected chi connectivity index (χ4v) is 2.65. The highest BCUT2D eigenvalue weighted by molar-refractivity contribution is 6.35. The second-order valence-corrected chi connectivity index (χ2v) is 6.36. The fraction of sp³-hybridized carbons (Fsp3) is 0.211. The minimum Gasteiger partial charge on any atom is -0.493 e. The summed E-state index contributed by atoms with van der Waals surface area (Å²) in [6.45, 7) is 0.276. The molecule has 0 saturated carbocycles. The van der Waals surface area contributed by atoms with Crippen LogP contribution in [0.2, 0.25) is 10.0 Å². The minimum atomic E-state index is -0.570. The van der Waals surface area contributed by atoms with E-state index in [1.54, 1.807) is 24.3 Å². The van der Waals surface area contributed by atoms with E-state index >= 15 is 0 Å². The van der Waals surface area contributed by atoms with E-state index in [4.69, 9.17) is 37.4 Å². The smallest absolute Gasteiger partial charge is 0.311 e. The highest BCUT2D eigenvalue weighted by atomic mass is 35.5. The molecule has 0 fully saturated rings. The minimum absolute atomic E-state index is 0.122. The van der Waals surface area contributed by atoms with Crippen molar-refractivity contribution in [2.75, 3.05) is 13.7 Å². The third kappa shape index (κ3) is 6.75. The van der Waals surface area contributed by atoms with E-state index < -0.39 is 10.9 Å². The predicted octanol–water partition coefficient (Wildman–Crippen LogP) is 5.01. The van der Waals surface area contributed by atoms with Crippen molar-refractivity contribution < 1.29 is 23.9 Å². The lowest BCUT2D eigenvalue weighted by molar-refractivity contribution is -0.400. The summed E-state index contributed by atoms with van der Waals surface area (Å²) in [6.07, 6.45) is 2.67. The van der Waals surface area contributed by atoms with Crippen LogP contribution in [0, 0.1) is 10.1 Å². The Morgan fingerprint density at radius 1 is 1.14 bits per heavy atom. The van der Waals surface area contributed by atoms with E-state index in [1.807, 2.05) is 0 Å². The second kappa shape index (κ2) is 10.5. The molecule has 0 aliphatic heterocycles. The van der Waals surface area contributed by atoms with E-state index in [0.717, 1.165) is 6.20 Å². The molecule has 0 N–H and O–H groups in total. The summed E-state index contributed by atoms with van der Waals surface area (Å²) in [5, 5.41) is 11.3. The molecule has 7 nitrogen and oxygen atoms in total. The van der Waals surface area contributed by atoms with Gasteiger partial charge in [0.05, 0.1) is 23.7 Å². The first-order valence-electron chi connectivity index (χ1n) is 8.17. The summed E-state index contributed by atoms with van der Waals surface area (Å²) in [6, 6.07) is 9.52. The normalized spacial score (nSPS) is 10.7. The van der Waals surface area contributed by atoms with Crippen molar-refractivity contribution in [3.05, 3.63) is 68.3 Å². The number of rotatable bonds is 9. The van der Waals surface area contributed by atoms with Crippen molar-refractivity contribution in [1.82, 2.24) is 0 Å². The molecular formula is C19H17Cl2NO6. The van der Waals surface area contributed by atoms with Crippen molar-refractivity contribution in [3.63, 3.8) is 0 Å². The van der Waals surface area contributed by atoms with Crippen molar-refractivity contribution >= 4 is 35.2 Å². The molecule has 148 valence electrons. The van der Waals surface area contributed by atoms with Crippen LogP contribution in [-0.4, -0.2) is 24.6 Å². The molecule has 2 aromatic rings. The van der Waals surface area contributed by atoms with Gasteiger partial charge in [-0.3, -0.25) is 14.9 Å². The van der Waals surface area contributed by atoms with Gasteiger partial charge in [-0.05, 0) is 42.3 Å². The number of halogens is 2. The molecule has 0 bridgehead atoms. The van der Waals surface area contributed by atoms with Crippen molar-refractivity contribution in [3.8, 4) is 17.2 Å². The molecule has 0 aliphatic rings. The molecular weight excluding hydrogens is 409 g/mol. The average molecular weight is 426 g/mol. The summed E-state index contributed by atoms with van der Waals surface area (Å²) >= 11 is 11.8. The van der Waals surface area contributed by atoms with Gasteiger partial charge in [-0.2, -0.15) is 0 Å². The number of esters is 1. The van der Waals surface area contributed by atoms with Gasteiger partial charge in [-0.15, -0.1) is 0 Å². The zero-order valence-electron chi connectivity index (χ0n) is 14.9. The fourth-order valence-electron chi connectivity index (χ4n) is 2.18. The Morgan fingerprint density at radius 3 is 2.57 bits per heavy atom. The number of nitrogens with zero attached hydrogens (tertiary/aromatic N) is 1. The predicted molar refractivity (Wildman–Crippen MR) is 106 cm³/mol. The SMILES string of the molecule is COc1cc(/C=C/[N+](=O)[O-])ccc1OC(=O)CCCOc1ccc(Cl)cc1Cl. The first-order chi connectivity index (χ1) is 13.4. The third-order valence-corrected chi connectivity index (χ3v) is 4.01. The van der Waals surface area contributed by atoms with Crippen LogP contribution in [0.4, 0.5) is 0 Å². The van der Waals surface area contributed by atoms with Crippen LogP contribution in [0.5, 0.6) is 17.2 Å². The van der Waals surface area contributed by atoms with E-state index in [2.05, 4.69) is 0 Å². The van der Waals surface area contributed by atoms with Gasteiger partial charge in [0, 0.05) is 17.5 Å². The Hall–Kier alpha value is -2.77. The van der Waals surface area contributed by atoms with Crippen LogP contribution >= 0.6 is 23.2 Å². The molecule has 0 aliphatic carbocycles. The number of benzene rings is 2. The molecule has 0 heterocycles. The summed E-state index contributed by atoms with van der Waals surface area (Å²) < 4.78 is 16.0. The molecule has 2 aromatic carbocycles. The summed E-state index contributed by atoms with van der Waals surface area (Å²) in [7, 11) is 1.41. The number of carbonyl (C=O) groups excluding carboxylic acids is 1. The van der Waals surface area contributed by atoms with Gasteiger partial charge in [0.2, 0.25) is 6.20 Å². The Bertz CT molecular complexity index is 885. The number of carbonyl (C=O) groups is 1. The third-order valence-electron chi connectivity index (χ3n) is 3.48. The molecule has 0 saturated heterocycles. The lowest BCUT2D eigenvalue weighted by Crippen LogP contribution is -2.10. The van der Waals surface area contributed by atoms with E-state index in [9.17, 15) is 14.9 Å². The summed E-state index contributed by atoms with van der Waals surface area (Å²) in [5.41, 5.74) is 0.543. The van der Waals surface area contributed by atoms with Crippen LogP contribution in [0.3, 0.4) is 0 Å². The number of methoxy groups -OCH3 is 1. The molecule has 0 amide bonds. The van der Waals surface area contributed by atoms with E-state index in [0.29, 0.717) is 33.5 Å². The van der Waals surface area contributed by atoms with Crippen LogP contribution in [-0.2, 0) is 4.79 Å². The number of nitro groups is 1. The maximum atomic E-state index is 12.0. The molecule has 28 heavy (non-hydrogen) atoms. The highest BCUT2D eigenvalue weighted by Gasteiger charge is 2.11. The molecule has 0 unspecified atom stereocenters. The van der Waals surface area contributed by atoms with Gasteiger partial charge < -0.3 is 14.2 Å². The van der Waals surface area contributed by atoms with Gasteiger partial charge in [0.25, 0.3) is 0 Å². The summed E-state index contributed by atoms with van der Waals surface area (Å²) in [5.74, 6) is 0.549. The van der Waals surface area contributed by atoms with Gasteiger partial charge >= 0.3 is 5.97 Å².